The number of hydrogen-bond acceptors (Lipinski definition) is 4. The number of esters is 1. The van der Waals surface area contributed by atoms with Gasteiger partial charge in [0.15, 0.2) is 0 Å². The highest BCUT2D eigenvalue weighted by Gasteiger charge is 2.23. The largest absolute Gasteiger partial charge is 0.461 e. The Labute approximate surface area is 110 Å². The zero-order valence-corrected chi connectivity index (χ0v) is 11.5. The summed E-state index contributed by atoms with van der Waals surface area (Å²) in [6.07, 6.45) is 5.88. The molecule has 1 N–H and O–H groups in total. The maximum Gasteiger partial charge on any atom is 0.320 e. The molecule has 1 saturated heterocycles. The number of hydrogen-bond donors (Lipinski definition) is 1. The van der Waals surface area contributed by atoms with Crippen molar-refractivity contribution < 1.29 is 9.53 Å². The van der Waals surface area contributed by atoms with Crippen molar-refractivity contribution in [3.05, 3.63) is 0 Å². The Hall–Kier alpha value is -0.610. The van der Waals surface area contributed by atoms with E-state index in [0.717, 1.165) is 45.4 Å². The summed E-state index contributed by atoms with van der Waals surface area (Å²) < 4.78 is 5.60. The van der Waals surface area contributed by atoms with Crippen LogP contribution in [0.4, 0.5) is 0 Å². The lowest BCUT2D eigenvalue weighted by molar-refractivity contribution is -0.152. The lowest BCUT2D eigenvalue weighted by atomic mass is 9.89. The van der Waals surface area contributed by atoms with Gasteiger partial charge in [-0.15, -0.1) is 0 Å². The molecule has 4 nitrogen and oxygen atoms in total. The minimum atomic E-state index is -0.0315. The maximum absolute atomic E-state index is 11.9. The van der Waals surface area contributed by atoms with Crippen molar-refractivity contribution in [2.75, 3.05) is 32.7 Å². The summed E-state index contributed by atoms with van der Waals surface area (Å²) in [5, 5.41) is 3.34. The number of carbonyl (C=O) groups is 1. The third-order valence-corrected chi connectivity index (χ3v) is 3.97. The maximum atomic E-state index is 11.9. The Morgan fingerprint density at radius 2 is 2.17 bits per heavy atom. The van der Waals surface area contributed by atoms with E-state index in [1.54, 1.807) is 0 Å². The third kappa shape index (κ3) is 4.58. The molecule has 18 heavy (non-hydrogen) atoms. The molecule has 1 aliphatic heterocycles. The second kappa shape index (κ2) is 7.10. The molecule has 104 valence electrons. The van der Waals surface area contributed by atoms with Crippen molar-refractivity contribution in [1.82, 2.24) is 10.2 Å². The molecule has 1 heterocycles. The second-order valence-corrected chi connectivity index (χ2v) is 5.76. The van der Waals surface area contributed by atoms with Crippen LogP contribution in [0.5, 0.6) is 0 Å². The molecule has 4 heteroatoms. The Bertz CT molecular complexity index is 257. The third-order valence-electron chi connectivity index (χ3n) is 3.97. The zero-order chi connectivity index (χ0) is 12.8. The van der Waals surface area contributed by atoms with Gasteiger partial charge < -0.3 is 10.1 Å². The number of ether oxygens (including phenoxy) is 1. The molecule has 1 saturated carbocycles. The fourth-order valence-corrected chi connectivity index (χ4v) is 2.95. The first-order valence-electron chi connectivity index (χ1n) is 7.36. The van der Waals surface area contributed by atoms with Gasteiger partial charge in [-0.25, -0.2) is 0 Å². The minimum Gasteiger partial charge on any atom is -0.461 e. The minimum absolute atomic E-state index is 0.0315. The van der Waals surface area contributed by atoms with E-state index >= 15 is 0 Å². The molecule has 0 spiro atoms. The van der Waals surface area contributed by atoms with Crippen LogP contribution in [0.25, 0.3) is 0 Å². The van der Waals surface area contributed by atoms with Gasteiger partial charge in [0, 0.05) is 13.1 Å². The van der Waals surface area contributed by atoms with Crippen LogP contribution in [-0.4, -0.2) is 49.7 Å². The van der Waals surface area contributed by atoms with Crippen molar-refractivity contribution in [3.63, 3.8) is 0 Å². The monoisotopic (exact) mass is 254 g/mol. The lowest BCUT2D eigenvalue weighted by Gasteiger charge is -2.27. The van der Waals surface area contributed by atoms with Crippen LogP contribution in [0.15, 0.2) is 0 Å². The van der Waals surface area contributed by atoms with Crippen LogP contribution < -0.4 is 5.32 Å². The molecule has 0 aromatic carbocycles. The molecule has 0 bridgehead atoms. The summed E-state index contributed by atoms with van der Waals surface area (Å²) in [5.74, 6) is 0.676. The summed E-state index contributed by atoms with van der Waals surface area (Å²) in [6.45, 7) is 6.71. The summed E-state index contributed by atoms with van der Waals surface area (Å²) in [6, 6.07) is 0. The lowest BCUT2D eigenvalue weighted by Crippen LogP contribution is -2.36. The first-order chi connectivity index (χ1) is 8.74. The summed E-state index contributed by atoms with van der Waals surface area (Å²) in [4.78, 5) is 14.1. The highest BCUT2D eigenvalue weighted by molar-refractivity contribution is 5.71. The van der Waals surface area contributed by atoms with Crippen molar-refractivity contribution in [3.8, 4) is 0 Å². The summed E-state index contributed by atoms with van der Waals surface area (Å²) >= 11 is 0. The van der Waals surface area contributed by atoms with Crippen LogP contribution in [0.3, 0.4) is 0 Å². The molecule has 0 aromatic rings. The van der Waals surface area contributed by atoms with Gasteiger partial charge in [-0.3, -0.25) is 9.69 Å². The van der Waals surface area contributed by atoms with Crippen LogP contribution in [0.2, 0.25) is 0 Å². The van der Waals surface area contributed by atoms with E-state index in [4.69, 9.17) is 4.74 Å². The van der Waals surface area contributed by atoms with E-state index in [2.05, 4.69) is 17.1 Å². The van der Waals surface area contributed by atoms with Crippen LogP contribution in [-0.2, 0) is 9.53 Å². The van der Waals surface area contributed by atoms with E-state index in [1.807, 2.05) is 0 Å². The van der Waals surface area contributed by atoms with Gasteiger partial charge in [0.1, 0.15) is 6.10 Å². The van der Waals surface area contributed by atoms with E-state index in [0.29, 0.717) is 12.5 Å². The Morgan fingerprint density at radius 1 is 1.28 bits per heavy atom. The Balaban J connectivity index is 1.70. The van der Waals surface area contributed by atoms with Crippen molar-refractivity contribution in [2.45, 2.75) is 45.1 Å². The quantitative estimate of drug-likeness (QED) is 0.773. The van der Waals surface area contributed by atoms with Crippen LogP contribution in [0, 0.1) is 5.92 Å². The fraction of sp³-hybridized carbons (Fsp3) is 0.929. The Morgan fingerprint density at radius 3 is 3.00 bits per heavy atom. The molecule has 0 radical (unpaired) electrons. The van der Waals surface area contributed by atoms with Crippen molar-refractivity contribution >= 4 is 5.97 Å². The van der Waals surface area contributed by atoms with Crippen LogP contribution >= 0.6 is 0 Å². The molecule has 2 rings (SSSR count). The van der Waals surface area contributed by atoms with Crippen LogP contribution in [0.1, 0.15) is 39.0 Å². The van der Waals surface area contributed by atoms with Crippen molar-refractivity contribution in [2.24, 2.45) is 5.92 Å². The molecular weight excluding hydrogens is 228 g/mol. The second-order valence-electron chi connectivity index (χ2n) is 5.76. The smallest absolute Gasteiger partial charge is 0.320 e. The highest BCUT2D eigenvalue weighted by atomic mass is 16.5. The summed E-state index contributed by atoms with van der Waals surface area (Å²) in [5.41, 5.74) is 0. The average Bonchev–Trinajstić information content (AvgIpc) is 2.57. The van der Waals surface area contributed by atoms with E-state index in [-0.39, 0.29) is 12.1 Å². The molecule has 2 atom stereocenters. The predicted octanol–water partition coefficient (Wildman–Crippen LogP) is 1.40. The first-order valence-corrected chi connectivity index (χ1v) is 7.36. The molecular formula is C14H26N2O2. The normalized spacial score (nSPS) is 30.7. The van der Waals surface area contributed by atoms with Gasteiger partial charge in [-0.2, -0.15) is 0 Å². The average molecular weight is 254 g/mol. The molecule has 0 aromatic heterocycles. The van der Waals surface area contributed by atoms with Gasteiger partial charge in [0.2, 0.25) is 0 Å². The van der Waals surface area contributed by atoms with Gasteiger partial charge in [0.25, 0.3) is 0 Å². The number of carbonyl (C=O) groups excluding carboxylic acids is 1. The topological polar surface area (TPSA) is 41.6 Å². The number of nitrogens with zero attached hydrogens (tertiary/aromatic N) is 1. The molecule has 2 fully saturated rings. The standard InChI is InChI=1S/C14H26N2O2/c1-12-4-2-5-13(10-12)18-14(17)11-16-8-3-6-15-7-9-16/h12-13,15H,2-11H2,1H3. The highest BCUT2D eigenvalue weighted by Crippen LogP contribution is 2.25. The van der Waals surface area contributed by atoms with E-state index in [9.17, 15) is 4.79 Å². The Kier molecular flexibility index (Phi) is 5.45. The van der Waals surface area contributed by atoms with Gasteiger partial charge in [-0.1, -0.05) is 13.3 Å². The van der Waals surface area contributed by atoms with Crippen molar-refractivity contribution in [1.29, 1.82) is 0 Å². The van der Waals surface area contributed by atoms with Gasteiger partial charge >= 0.3 is 5.97 Å². The fourth-order valence-electron chi connectivity index (χ4n) is 2.95. The predicted molar refractivity (Wildman–Crippen MR) is 71.4 cm³/mol. The van der Waals surface area contributed by atoms with Gasteiger partial charge in [-0.05, 0) is 44.7 Å². The SMILES string of the molecule is CC1CCCC(OC(=O)CN2CCCNCC2)C1. The van der Waals surface area contributed by atoms with E-state index in [1.165, 1.54) is 12.8 Å². The number of nitrogens with one attached hydrogen (secondary N) is 1. The first kappa shape index (κ1) is 13.8. The molecule has 1 aliphatic carbocycles. The zero-order valence-electron chi connectivity index (χ0n) is 11.5. The summed E-state index contributed by atoms with van der Waals surface area (Å²) in [7, 11) is 0. The molecule has 2 unspecified atom stereocenters. The van der Waals surface area contributed by atoms with Gasteiger partial charge in [0.05, 0.1) is 6.54 Å². The molecule has 2 aliphatic rings. The molecule has 0 amide bonds. The number of rotatable bonds is 3. The van der Waals surface area contributed by atoms with E-state index < -0.39 is 0 Å².